The SMILES string of the molecule is ON=C(Cl)c1ccc(Cl)cn1. The average molecular weight is 191 g/mol. The molecule has 1 rings (SSSR count). The van der Waals surface area contributed by atoms with E-state index < -0.39 is 0 Å². The molecule has 1 aromatic heterocycles. The predicted octanol–water partition coefficient (Wildman–Crippen LogP) is 2.11. The minimum absolute atomic E-state index is 0.0540. The van der Waals surface area contributed by atoms with Crippen LogP contribution in [0.5, 0.6) is 0 Å². The van der Waals surface area contributed by atoms with Crippen molar-refractivity contribution >= 4 is 28.4 Å². The number of pyridine rings is 1. The zero-order valence-electron chi connectivity index (χ0n) is 5.33. The van der Waals surface area contributed by atoms with Crippen LogP contribution in [0.15, 0.2) is 23.5 Å². The Hall–Kier alpha value is -0.800. The molecule has 0 radical (unpaired) electrons. The smallest absolute Gasteiger partial charge is 0.193 e. The van der Waals surface area contributed by atoms with Crippen molar-refractivity contribution in [1.82, 2.24) is 4.98 Å². The predicted molar refractivity (Wildman–Crippen MR) is 43.4 cm³/mol. The molecule has 0 spiro atoms. The van der Waals surface area contributed by atoms with Crippen molar-refractivity contribution in [2.24, 2.45) is 5.16 Å². The van der Waals surface area contributed by atoms with Crippen molar-refractivity contribution in [3.8, 4) is 0 Å². The van der Waals surface area contributed by atoms with Gasteiger partial charge in [-0.2, -0.15) is 0 Å². The van der Waals surface area contributed by atoms with Gasteiger partial charge in [0, 0.05) is 6.20 Å². The summed E-state index contributed by atoms with van der Waals surface area (Å²) in [6, 6.07) is 3.17. The lowest BCUT2D eigenvalue weighted by Gasteiger charge is -1.93. The first kappa shape index (κ1) is 8.30. The van der Waals surface area contributed by atoms with E-state index in [4.69, 9.17) is 28.4 Å². The van der Waals surface area contributed by atoms with E-state index in [2.05, 4.69) is 10.1 Å². The summed E-state index contributed by atoms with van der Waals surface area (Å²) in [5.74, 6) is 0. The van der Waals surface area contributed by atoms with Crippen LogP contribution in [0.25, 0.3) is 0 Å². The third-order valence-corrected chi connectivity index (χ3v) is 1.52. The number of hydrogen-bond acceptors (Lipinski definition) is 3. The van der Waals surface area contributed by atoms with Crippen LogP contribution in [-0.4, -0.2) is 15.4 Å². The Morgan fingerprint density at radius 3 is 2.73 bits per heavy atom. The Balaban J connectivity index is 2.99. The standard InChI is InChI=1S/C6H4Cl2N2O/c7-4-1-2-5(9-3-4)6(8)10-11/h1-3,11H. The van der Waals surface area contributed by atoms with Crippen LogP contribution in [0, 0.1) is 0 Å². The number of aromatic nitrogens is 1. The molecular weight excluding hydrogens is 187 g/mol. The van der Waals surface area contributed by atoms with Gasteiger partial charge in [-0.25, -0.2) is 0 Å². The molecule has 11 heavy (non-hydrogen) atoms. The van der Waals surface area contributed by atoms with E-state index in [1.807, 2.05) is 0 Å². The largest absolute Gasteiger partial charge is 0.410 e. The Bertz CT molecular complexity index is 270. The average Bonchev–Trinajstić information content (AvgIpc) is 2.05. The van der Waals surface area contributed by atoms with E-state index in [0.29, 0.717) is 10.7 Å². The summed E-state index contributed by atoms with van der Waals surface area (Å²) >= 11 is 11.0. The van der Waals surface area contributed by atoms with Crippen LogP contribution in [0.2, 0.25) is 5.02 Å². The van der Waals surface area contributed by atoms with E-state index in [1.54, 1.807) is 12.1 Å². The lowest BCUT2D eigenvalue weighted by molar-refractivity contribution is 0.320. The second-order valence-electron chi connectivity index (χ2n) is 1.75. The number of hydrogen-bond donors (Lipinski definition) is 1. The van der Waals surface area contributed by atoms with Gasteiger partial charge < -0.3 is 5.21 Å². The molecule has 0 saturated carbocycles. The summed E-state index contributed by atoms with van der Waals surface area (Å²) < 4.78 is 0. The molecule has 0 aliphatic rings. The van der Waals surface area contributed by atoms with Crippen LogP contribution in [0.1, 0.15) is 5.69 Å². The molecule has 0 aliphatic carbocycles. The van der Waals surface area contributed by atoms with Gasteiger partial charge in [-0.3, -0.25) is 4.98 Å². The highest BCUT2D eigenvalue weighted by molar-refractivity contribution is 6.69. The molecule has 3 nitrogen and oxygen atoms in total. The minimum atomic E-state index is -0.0540. The third-order valence-electron chi connectivity index (χ3n) is 1.03. The van der Waals surface area contributed by atoms with Crippen LogP contribution < -0.4 is 0 Å². The second-order valence-corrected chi connectivity index (χ2v) is 2.55. The minimum Gasteiger partial charge on any atom is -0.410 e. The summed E-state index contributed by atoms with van der Waals surface area (Å²) in [6.07, 6.45) is 1.42. The fourth-order valence-corrected chi connectivity index (χ4v) is 0.773. The molecule has 1 heterocycles. The molecule has 58 valence electrons. The maximum absolute atomic E-state index is 8.24. The molecule has 1 N–H and O–H groups in total. The zero-order chi connectivity index (χ0) is 8.27. The van der Waals surface area contributed by atoms with Gasteiger partial charge in [-0.15, -0.1) is 0 Å². The highest BCUT2D eigenvalue weighted by atomic mass is 35.5. The van der Waals surface area contributed by atoms with E-state index in [1.165, 1.54) is 6.20 Å². The van der Waals surface area contributed by atoms with Crippen molar-refractivity contribution in [2.45, 2.75) is 0 Å². The van der Waals surface area contributed by atoms with Crippen LogP contribution in [-0.2, 0) is 0 Å². The fourth-order valence-electron chi connectivity index (χ4n) is 0.549. The number of oxime groups is 1. The van der Waals surface area contributed by atoms with Gasteiger partial charge in [0.25, 0.3) is 0 Å². The molecule has 0 bridgehead atoms. The van der Waals surface area contributed by atoms with E-state index in [-0.39, 0.29) is 5.17 Å². The van der Waals surface area contributed by atoms with Gasteiger partial charge in [0.05, 0.1) is 5.02 Å². The summed E-state index contributed by atoms with van der Waals surface area (Å²) in [6.45, 7) is 0. The Morgan fingerprint density at radius 2 is 2.27 bits per heavy atom. The van der Waals surface area contributed by atoms with Gasteiger partial charge in [-0.05, 0) is 12.1 Å². The molecule has 0 saturated heterocycles. The molecule has 0 unspecified atom stereocenters. The van der Waals surface area contributed by atoms with Crippen molar-refractivity contribution in [2.75, 3.05) is 0 Å². The first-order valence-electron chi connectivity index (χ1n) is 2.73. The Labute approximate surface area is 73.3 Å². The summed E-state index contributed by atoms with van der Waals surface area (Å²) in [4.78, 5) is 3.79. The maximum atomic E-state index is 8.24. The summed E-state index contributed by atoms with van der Waals surface area (Å²) in [5.41, 5.74) is 0.388. The highest BCUT2D eigenvalue weighted by Gasteiger charge is 2.00. The van der Waals surface area contributed by atoms with Gasteiger partial charge in [0.15, 0.2) is 5.17 Å². The van der Waals surface area contributed by atoms with Gasteiger partial charge in [0.1, 0.15) is 5.69 Å². The van der Waals surface area contributed by atoms with Crippen molar-refractivity contribution < 1.29 is 5.21 Å². The molecule has 1 aromatic rings. The van der Waals surface area contributed by atoms with Crippen LogP contribution in [0.4, 0.5) is 0 Å². The quantitative estimate of drug-likeness (QED) is 0.419. The monoisotopic (exact) mass is 190 g/mol. The van der Waals surface area contributed by atoms with Gasteiger partial charge in [-0.1, -0.05) is 28.4 Å². The highest BCUT2D eigenvalue weighted by Crippen LogP contribution is 2.07. The summed E-state index contributed by atoms with van der Waals surface area (Å²) in [7, 11) is 0. The lowest BCUT2D eigenvalue weighted by atomic mass is 10.4. The molecule has 0 aromatic carbocycles. The number of halogens is 2. The van der Waals surface area contributed by atoms with Crippen LogP contribution in [0.3, 0.4) is 0 Å². The van der Waals surface area contributed by atoms with E-state index in [9.17, 15) is 0 Å². The first-order chi connectivity index (χ1) is 5.24. The number of rotatable bonds is 1. The third kappa shape index (κ3) is 2.06. The fraction of sp³-hybridized carbons (Fsp3) is 0. The van der Waals surface area contributed by atoms with Crippen molar-refractivity contribution in [1.29, 1.82) is 0 Å². The first-order valence-corrected chi connectivity index (χ1v) is 3.49. The van der Waals surface area contributed by atoms with Crippen LogP contribution >= 0.6 is 23.2 Å². The Kier molecular flexibility index (Phi) is 2.68. The second kappa shape index (κ2) is 3.55. The zero-order valence-corrected chi connectivity index (χ0v) is 6.84. The summed E-state index contributed by atoms with van der Waals surface area (Å²) in [5, 5.41) is 11.5. The normalized spacial score (nSPS) is 11.6. The molecule has 0 amide bonds. The maximum Gasteiger partial charge on any atom is 0.193 e. The topological polar surface area (TPSA) is 45.5 Å². The lowest BCUT2D eigenvalue weighted by Crippen LogP contribution is -1.93. The molecule has 0 fully saturated rings. The van der Waals surface area contributed by atoms with E-state index in [0.717, 1.165) is 0 Å². The van der Waals surface area contributed by atoms with Crippen molar-refractivity contribution in [3.63, 3.8) is 0 Å². The molecule has 0 aliphatic heterocycles. The van der Waals surface area contributed by atoms with Gasteiger partial charge in [0.2, 0.25) is 0 Å². The Morgan fingerprint density at radius 1 is 1.55 bits per heavy atom. The van der Waals surface area contributed by atoms with Gasteiger partial charge >= 0.3 is 0 Å². The van der Waals surface area contributed by atoms with E-state index >= 15 is 0 Å². The molecular formula is C6H4Cl2N2O. The molecule has 0 atom stereocenters. The molecule has 5 heteroatoms. The number of nitrogens with zero attached hydrogens (tertiary/aromatic N) is 2. The van der Waals surface area contributed by atoms with Crippen molar-refractivity contribution in [3.05, 3.63) is 29.0 Å².